The summed E-state index contributed by atoms with van der Waals surface area (Å²) in [6, 6.07) is 12.3. The number of rotatable bonds is 7. The van der Waals surface area contributed by atoms with Gasteiger partial charge in [-0.05, 0) is 48.7 Å². The Kier molecular flexibility index (Phi) is 6.35. The van der Waals surface area contributed by atoms with Gasteiger partial charge in [-0.1, -0.05) is 12.1 Å². The number of anilines is 1. The van der Waals surface area contributed by atoms with E-state index in [1.807, 2.05) is 30.5 Å². The highest BCUT2D eigenvalue weighted by Gasteiger charge is 2.24. The number of H-pyrrole nitrogens is 1. The fraction of sp³-hybridized carbons (Fsp3) is 0.304. The second kappa shape index (κ2) is 9.51. The molecule has 0 saturated carbocycles. The molecular weight excluding hydrogens is 397 g/mol. The van der Waals surface area contributed by atoms with Crippen LogP contribution in [0.1, 0.15) is 12.0 Å². The Balaban J connectivity index is 1.23. The fourth-order valence-electron chi connectivity index (χ4n) is 3.74. The third-order valence-electron chi connectivity index (χ3n) is 5.30. The largest absolute Gasteiger partial charge is 0.482 e. The smallest absolute Gasteiger partial charge is 0.265 e. The van der Waals surface area contributed by atoms with E-state index >= 15 is 0 Å². The van der Waals surface area contributed by atoms with E-state index in [0.717, 1.165) is 40.7 Å². The molecule has 0 atom stereocenters. The van der Waals surface area contributed by atoms with E-state index in [4.69, 9.17) is 4.74 Å². The molecule has 7 nitrogen and oxygen atoms in total. The molecule has 162 valence electrons. The zero-order chi connectivity index (χ0) is 21.6. The van der Waals surface area contributed by atoms with Gasteiger partial charge in [-0.25, -0.2) is 4.39 Å². The summed E-state index contributed by atoms with van der Waals surface area (Å²) in [4.78, 5) is 21.4. The first-order valence-corrected chi connectivity index (χ1v) is 10.4. The van der Waals surface area contributed by atoms with Gasteiger partial charge in [-0.3, -0.25) is 9.79 Å². The van der Waals surface area contributed by atoms with Crippen LogP contribution in [-0.2, 0) is 11.2 Å². The summed E-state index contributed by atoms with van der Waals surface area (Å²) in [5.41, 5.74) is 2.80. The van der Waals surface area contributed by atoms with Crippen molar-refractivity contribution in [2.24, 2.45) is 4.99 Å². The second-order valence-electron chi connectivity index (χ2n) is 7.33. The summed E-state index contributed by atoms with van der Waals surface area (Å²) in [5, 5.41) is 7.46. The zero-order valence-corrected chi connectivity index (χ0v) is 17.5. The van der Waals surface area contributed by atoms with Crippen molar-refractivity contribution < 1.29 is 13.9 Å². The van der Waals surface area contributed by atoms with Gasteiger partial charge in [-0.2, -0.15) is 0 Å². The van der Waals surface area contributed by atoms with Crippen LogP contribution in [0.25, 0.3) is 10.9 Å². The minimum Gasteiger partial charge on any atom is -0.482 e. The molecule has 4 rings (SSSR count). The number of carbonyl (C=O) groups excluding carboxylic acids is 1. The topological polar surface area (TPSA) is 81.8 Å². The quantitative estimate of drug-likeness (QED) is 0.310. The van der Waals surface area contributed by atoms with Crippen molar-refractivity contribution in [3.8, 4) is 5.75 Å². The molecule has 0 spiro atoms. The van der Waals surface area contributed by atoms with Crippen LogP contribution in [0.4, 0.5) is 10.1 Å². The second-order valence-corrected chi connectivity index (χ2v) is 7.33. The highest BCUT2D eigenvalue weighted by Crippen LogP contribution is 2.31. The Morgan fingerprint density at radius 1 is 1.23 bits per heavy atom. The molecular formula is C23H26FN5O2. The monoisotopic (exact) mass is 423 g/mol. The maximum Gasteiger partial charge on any atom is 0.265 e. The molecule has 0 aliphatic carbocycles. The number of carbonyl (C=O) groups is 1. The van der Waals surface area contributed by atoms with E-state index < -0.39 is 0 Å². The van der Waals surface area contributed by atoms with E-state index in [2.05, 4.69) is 20.6 Å². The van der Waals surface area contributed by atoms with Crippen LogP contribution < -0.4 is 20.3 Å². The first kappa shape index (κ1) is 20.7. The minimum atomic E-state index is -0.236. The molecule has 1 amide bonds. The van der Waals surface area contributed by atoms with E-state index in [-0.39, 0.29) is 18.3 Å². The van der Waals surface area contributed by atoms with E-state index in [0.29, 0.717) is 25.6 Å². The average Bonchev–Trinajstić information content (AvgIpc) is 3.18. The van der Waals surface area contributed by atoms with Crippen molar-refractivity contribution >= 4 is 28.5 Å². The van der Waals surface area contributed by atoms with Crippen molar-refractivity contribution in [1.82, 2.24) is 15.6 Å². The minimum absolute atomic E-state index is 0.0311. The molecule has 1 aliphatic heterocycles. The Hall–Kier alpha value is -3.55. The lowest BCUT2D eigenvalue weighted by molar-refractivity contribution is -0.121. The molecule has 31 heavy (non-hydrogen) atoms. The maximum atomic E-state index is 13.5. The molecule has 2 heterocycles. The van der Waals surface area contributed by atoms with Gasteiger partial charge >= 0.3 is 0 Å². The molecule has 1 aliphatic rings. The van der Waals surface area contributed by atoms with Crippen LogP contribution in [0.2, 0.25) is 0 Å². The van der Waals surface area contributed by atoms with E-state index in [1.165, 1.54) is 6.07 Å². The number of hydrogen-bond acceptors (Lipinski definition) is 3. The molecule has 0 radical (unpaired) electrons. The number of aromatic nitrogens is 1. The highest BCUT2D eigenvalue weighted by molar-refractivity contribution is 5.97. The lowest BCUT2D eigenvalue weighted by atomic mass is 10.1. The van der Waals surface area contributed by atoms with Crippen LogP contribution in [-0.4, -0.2) is 50.1 Å². The predicted molar refractivity (Wildman–Crippen MR) is 120 cm³/mol. The van der Waals surface area contributed by atoms with Crippen LogP contribution in [0.15, 0.2) is 53.7 Å². The number of hydrogen-bond donors (Lipinski definition) is 3. The third kappa shape index (κ3) is 4.79. The summed E-state index contributed by atoms with van der Waals surface area (Å²) in [5.74, 6) is 1.17. The number of nitrogens with one attached hydrogen (secondary N) is 3. The van der Waals surface area contributed by atoms with Crippen LogP contribution in [0.3, 0.4) is 0 Å². The number of aliphatic imine (C=N–C) groups is 1. The first-order chi connectivity index (χ1) is 15.2. The Morgan fingerprint density at radius 3 is 2.94 bits per heavy atom. The number of nitrogens with zero attached hydrogens (tertiary/aromatic N) is 2. The standard InChI is InChI=1S/C23H26FN5O2/c1-25-23(27-11-9-16-14-28-19-8-7-17(24)13-18(16)19)26-10-4-12-29-20-5-2-3-6-21(20)31-15-22(29)30/h2-3,5-8,13-14,28H,4,9-12,15H2,1H3,(H2,25,26,27). The number of guanidine groups is 1. The zero-order valence-electron chi connectivity index (χ0n) is 17.5. The SMILES string of the molecule is CN=C(NCCCN1C(=O)COc2ccccc21)NCCc1c[nH]c2ccc(F)cc12. The molecule has 0 saturated heterocycles. The van der Waals surface area contributed by atoms with Crippen molar-refractivity contribution in [2.75, 3.05) is 38.2 Å². The van der Waals surface area contributed by atoms with Gasteiger partial charge in [0, 0.05) is 43.8 Å². The molecule has 0 bridgehead atoms. The third-order valence-corrected chi connectivity index (χ3v) is 5.30. The average molecular weight is 423 g/mol. The summed E-state index contributed by atoms with van der Waals surface area (Å²) >= 11 is 0. The number of benzene rings is 2. The summed E-state index contributed by atoms with van der Waals surface area (Å²) in [7, 11) is 1.72. The summed E-state index contributed by atoms with van der Waals surface area (Å²) < 4.78 is 19.0. The number of aromatic amines is 1. The lowest BCUT2D eigenvalue weighted by Gasteiger charge is -2.29. The van der Waals surface area contributed by atoms with Gasteiger partial charge in [0.05, 0.1) is 5.69 Å². The van der Waals surface area contributed by atoms with Gasteiger partial charge in [0.15, 0.2) is 12.6 Å². The van der Waals surface area contributed by atoms with Gasteiger partial charge < -0.3 is 25.3 Å². The number of halogens is 1. The normalized spacial score (nSPS) is 13.8. The number of fused-ring (bicyclic) bond motifs is 2. The first-order valence-electron chi connectivity index (χ1n) is 10.4. The van der Waals surface area contributed by atoms with E-state index in [1.54, 1.807) is 24.1 Å². The number of amides is 1. The number of ether oxygens (including phenoxy) is 1. The van der Waals surface area contributed by atoms with Crippen molar-refractivity contribution in [2.45, 2.75) is 12.8 Å². The molecule has 0 fully saturated rings. The van der Waals surface area contributed by atoms with Crippen molar-refractivity contribution in [1.29, 1.82) is 0 Å². The van der Waals surface area contributed by atoms with Crippen LogP contribution in [0.5, 0.6) is 5.75 Å². The maximum absolute atomic E-state index is 13.5. The van der Waals surface area contributed by atoms with Crippen molar-refractivity contribution in [3.63, 3.8) is 0 Å². The molecule has 3 N–H and O–H groups in total. The Bertz CT molecular complexity index is 1090. The lowest BCUT2D eigenvalue weighted by Crippen LogP contribution is -2.42. The summed E-state index contributed by atoms with van der Waals surface area (Å²) in [6.07, 6.45) is 3.42. The van der Waals surface area contributed by atoms with Crippen LogP contribution >= 0.6 is 0 Å². The highest BCUT2D eigenvalue weighted by atomic mass is 19.1. The van der Waals surface area contributed by atoms with Crippen molar-refractivity contribution in [3.05, 3.63) is 60.0 Å². The van der Waals surface area contributed by atoms with Gasteiger partial charge in [-0.15, -0.1) is 0 Å². The Labute approximate surface area is 180 Å². The fourth-order valence-corrected chi connectivity index (χ4v) is 3.74. The Morgan fingerprint density at radius 2 is 2.06 bits per heavy atom. The molecule has 2 aromatic carbocycles. The molecule has 1 aromatic heterocycles. The molecule has 3 aromatic rings. The molecule has 0 unspecified atom stereocenters. The number of para-hydroxylation sites is 2. The summed E-state index contributed by atoms with van der Waals surface area (Å²) in [6.45, 7) is 2.01. The predicted octanol–water partition coefficient (Wildman–Crippen LogP) is 2.83. The molecule has 8 heteroatoms. The van der Waals surface area contributed by atoms with E-state index in [9.17, 15) is 9.18 Å². The van der Waals surface area contributed by atoms with Gasteiger partial charge in [0.2, 0.25) is 0 Å². The van der Waals surface area contributed by atoms with Crippen LogP contribution in [0, 0.1) is 5.82 Å². The van der Waals surface area contributed by atoms with Gasteiger partial charge in [0.25, 0.3) is 5.91 Å². The van der Waals surface area contributed by atoms with Gasteiger partial charge in [0.1, 0.15) is 11.6 Å².